The molecule has 3 N–H and O–H groups in total. The van der Waals surface area contributed by atoms with Crippen molar-refractivity contribution >= 4 is 28.9 Å². The molecule has 1 unspecified atom stereocenters. The number of hydrogen-bond donors (Lipinski definition) is 3. The van der Waals surface area contributed by atoms with Gasteiger partial charge in [0.05, 0.1) is 0 Å². The van der Waals surface area contributed by atoms with E-state index in [9.17, 15) is 9.59 Å². The molecule has 0 aliphatic rings. The number of nitrogens with one attached hydrogen (secondary N) is 3. The first-order chi connectivity index (χ1) is 11.5. The zero-order chi connectivity index (χ0) is 17.5. The molecule has 0 aliphatic carbocycles. The van der Waals surface area contributed by atoms with Gasteiger partial charge in [0.1, 0.15) is 5.69 Å². The third kappa shape index (κ3) is 5.08. The number of amides is 2. The highest BCUT2D eigenvalue weighted by molar-refractivity contribution is 5.93. The Morgan fingerprint density at radius 1 is 1.12 bits per heavy atom. The largest absolute Gasteiger partial charge is 0.355 e. The predicted molar refractivity (Wildman–Crippen MR) is 95.5 cm³/mol. The summed E-state index contributed by atoms with van der Waals surface area (Å²) in [4.78, 5) is 27.4. The number of pyridine rings is 1. The number of rotatable bonds is 6. The Morgan fingerprint density at radius 3 is 2.54 bits per heavy atom. The van der Waals surface area contributed by atoms with Crippen LogP contribution in [-0.4, -0.2) is 22.8 Å². The molecule has 0 bridgehead atoms. The van der Waals surface area contributed by atoms with Gasteiger partial charge in [0.25, 0.3) is 5.91 Å². The van der Waals surface area contributed by atoms with Crippen molar-refractivity contribution in [3.63, 3.8) is 0 Å². The van der Waals surface area contributed by atoms with Gasteiger partial charge < -0.3 is 16.0 Å². The van der Waals surface area contributed by atoms with E-state index in [-0.39, 0.29) is 17.9 Å². The van der Waals surface area contributed by atoms with Crippen molar-refractivity contribution in [2.45, 2.75) is 33.2 Å². The monoisotopic (exact) mass is 326 g/mol. The fourth-order valence-electron chi connectivity index (χ4n) is 2.08. The second-order valence-corrected chi connectivity index (χ2v) is 5.60. The maximum Gasteiger partial charge on any atom is 0.270 e. The fraction of sp³-hybridized carbons (Fsp3) is 0.278. The van der Waals surface area contributed by atoms with Crippen LogP contribution in [0.1, 0.15) is 37.7 Å². The molecule has 6 nitrogen and oxygen atoms in total. The summed E-state index contributed by atoms with van der Waals surface area (Å²) in [5, 5.41) is 8.83. The van der Waals surface area contributed by atoms with Crippen LogP contribution >= 0.6 is 0 Å². The number of carbonyl (C=O) groups is 2. The summed E-state index contributed by atoms with van der Waals surface area (Å²) < 4.78 is 0. The summed E-state index contributed by atoms with van der Waals surface area (Å²) >= 11 is 0. The summed E-state index contributed by atoms with van der Waals surface area (Å²) in [5.41, 5.74) is 2.62. The van der Waals surface area contributed by atoms with Crippen LogP contribution in [0.4, 0.5) is 17.1 Å². The molecule has 2 rings (SSSR count). The van der Waals surface area contributed by atoms with E-state index in [1.165, 1.54) is 6.92 Å². The highest BCUT2D eigenvalue weighted by atomic mass is 16.2. The van der Waals surface area contributed by atoms with Crippen LogP contribution in [0.3, 0.4) is 0 Å². The van der Waals surface area contributed by atoms with Crippen LogP contribution < -0.4 is 16.0 Å². The van der Waals surface area contributed by atoms with Crippen molar-refractivity contribution in [2.24, 2.45) is 0 Å². The highest BCUT2D eigenvalue weighted by Gasteiger charge is 2.10. The average molecular weight is 326 g/mol. The topological polar surface area (TPSA) is 83.1 Å². The van der Waals surface area contributed by atoms with Gasteiger partial charge in [-0.3, -0.25) is 14.6 Å². The summed E-state index contributed by atoms with van der Waals surface area (Å²) in [6.45, 7) is 5.43. The number of hydrogen-bond acceptors (Lipinski definition) is 4. The van der Waals surface area contributed by atoms with Gasteiger partial charge in [0.2, 0.25) is 5.91 Å². The lowest BCUT2D eigenvalue weighted by molar-refractivity contribution is -0.114. The van der Waals surface area contributed by atoms with Crippen LogP contribution in [0, 0.1) is 0 Å². The standard InChI is InChI=1S/C18H22N4O2/c1-4-12(2)20-18(24)17-11-16(8-9-19-17)22-15-7-5-6-14(10-15)21-13(3)23/h5-12H,4H2,1-3H3,(H,19,22)(H,20,24)(H,21,23). The Labute approximate surface area is 141 Å². The highest BCUT2D eigenvalue weighted by Crippen LogP contribution is 2.20. The summed E-state index contributed by atoms with van der Waals surface area (Å²) in [6, 6.07) is 10.9. The molecule has 2 amide bonds. The van der Waals surface area contributed by atoms with E-state index in [0.29, 0.717) is 11.4 Å². The molecule has 1 heterocycles. The van der Waals surface area contributed by atoms with Crippen LogP contribution in [0.5, 0.6) is 0 Å². The van der Waals surface area contributed by atoms with Gasteiger partial charge in [-0.15, -0.1) is 0 Å². The van der Waals surface area contributed by atoms with Crippen LogP contribution in [0.15, 0.2) is 42.6 Å². The molecule has 1 atom stereocenters. The first-order valence-electron chi connectivity index (χ1n) is 7.89. The minimum Gasteiger partial charge on any atom is -0.355 e. The Bertz CT molecular complexity index is 730. The average Bonchev–Trinajstić information content (AvgIpc) is 2.54. The molecule has 6 heteroatoms. The molecular weight excluding hydrogens is 304 g/mol. The first kappa shape index (κ1) is 17.5. The lowest BCUT2D eigenvalue weighted by atomic mass is 10.2. The third-order valence-corrected chi connectivity index (χ3v) is 3.45. The second kappa shape index (κ2) is 8.10. The molecule has 0 saturated heterocycles. The maximum atomic E-state index is 12.1. The SMILES string of the molecule is CCC(C)NC(=O)c1cc(Nc2cccc(NC(C)=O)c2)ccn1. The van der Waals surface area contributed by atoms with Crippen LogP contribution in [0.2, 0.25) is 0 Å². The molecule has 0 aliphatic heterocycles. The van der Waals surface area contributed by atoms with Crippen LogP contribution in [-0.2, 0) is 4.79 Å². The summed E-state index contributed by atoms with van der Waals surface area (Å²) in [6.07, 6.45) is 2.45. The summed E-state index contributed by atoms with van der Waals surface area (Å²) in [7, 11) is 0. The number of carbonyl (C=O) groups excluding carboxylic acids is 2. The molecule has 0 spiro atoms. The molecule has 1 aromatic carbocycles. The zero-order valence-corrected chi connectivity index (χ0v) is 14.1. The van der Waals surface area contributed by atoms with E-state index < -0.39 is 0 Å². The smallest absolute Gasteiger partial charge is 0.270 e. The van der Waals surface area contributed by atoms with Crippen molar-refractivity contribution in [3.8, 4) is 0 Å². The van der Waals surface area contributed by atoms with Crippen molar-refractivity contribution in [1.29, 1.82) is 0 Å². The van der Waals surface area contributed by atoms with E-state index in [1.807, 2.05) is 38.1 Å². The maximum absolute atomic E-state index is 12.1. The Kier molecular flexibility index (Phi) is 5.89. The minimum atomic E-state index is -0.194. The number of benzene rings is 1. The molecular formula is C18H22N4O2. The Morgan fingerprint density at radius 2 is 1.83 bits per heavy atom. The number of anilines is 3. The third-order valence-electron chi connectivity index (χ3n) is 3.45. The fourth-order valence-corrected chi connectivity index (χ4v) is 2.08. The van der Waals surface area contributed by atoms with Crippen molar-refractivity contribution in [3.05, 3.63) is 48.3 Å². The minimum absolute atomic E-state index is 0.102. The molecule has 1 aromatic heterocycles. The van der Waals surface area contributed by atoms with Crippen LogP contribution in [0.25, 0.3) is 0 Å². The molecule has 0 radical (unpaired) electrons. The zero-order valence-electron chi connectivity index (χ0n) is 14.1. The van der Waals surface area contributed by atoms with Gasteiger partial charge in [0.15, 0.2) is 0 Å². The number of nitrogens with zero attached hydrogens (tertiary/aromatic N) is 1. The van der Waals surface area contributed by atoms with E-state index in [0.717, 1.165) is 17.8 Å². The Hall–Kier alpha value is -2.89. The van der Waals surface area contributed by atoms with Crippen molar-refractivity contribution in [1.82, 2.24) is 10.3 Å². The quantitative estimate of drug-likeness (QED) is 0.760. The van der Waals surface area contributed by atoms with E-state index in [1.54, 1.807) is 18.3 Å². The predicted octanol–water partition coefficient (Wildman–Crippen LogP) is 3.31. The first-order valence-corrected chi connectivity index (χ1v) is 7.89. The van der Waals surface area contributed by atoms with E-state index in [4.69, 9.17) is 0 Å². The van der Waals surface area contributed by atoms with Gasteiger partial charge in [-0.1, -0.05) is 13.0 Å². The lowest BCUT2D eigenvalue weighted by Gasteiger charge is -2.12. The molecule has 2 aromatic rings. The van der Waals surface area contributed by atoms with Crippen molar-refractivity contribution in [2.75, 3.05) is 10.6 Å². The Balaban J connectivity index is 2.12. The molecule has 0 fully saturated rings. The van der Waals surface area contributed by atoms with Gasteiger partial charge in [0, 0.05) is 36.2 Å². The van der Waals surface area contributed by atoms with E-state index >= 15 is 0 Å². The normalized spacial score (nSPS) is 11.5. The second-order valence-electron chi connectivity index (χ2n) is 5.60. The van der Waals surface area contributed by atoms with Gasteiger partial charge in [-0.05, 0) is 43.7 Å². The van der Waals surface area contributed by atoms with E-state index in [2.05, 4.69) is 20.9 Å². The van der Waals surface area contributed by atoms with Gasteiger partial charge in [-0.25, -0.2) is 0 Å². The van der Waals surface area contributed by atoms with Crippen molar-refractivity contribution < 1.29 is 9.59 Å². The van der Waals surface area contributed by atoms with Gasteiger partial charge in [-0.2, -0.15) is 0 Å². The van der Waals surface area contributed by atoms with Gasteiger partial charge >= 0.3 is 0 Å². The summed E-state index contributed by atoms with van der Waals surface area (Å²) in [5.74, 6) is -0.319. The molecule has 24 heavy (non-hydrogen) atoms. The molecule has 0 saturated carbocycles. The number of aromatic nitrogens is 1. The lowest BCUT2D eigenvalue weighted by Crippen LogP contribution is -2.32. The molecule has 126 valence electrons.